The molecule has 147 valence electrons. The second-order valence-electron chi connectivity index (χ2n) is 6.17. The number of allylic oxidation sites excluding steroid dienone is 9. The molecule has 0 heterocycles. The van der Waals surface area contributed by atoms with E-state index in [2.05, 4.69) is 65.5 Å². The summed E-state index contributed by atoms with van der Waals surface area (Å²) in [7, 11) is 0. The molecule has 2 aliphatic carbocycles. The van der Waals surface area contributed by atoms with Crippen molar-refractivity contribution in [3.05, 3.63) is 66.2 Å². The predicted octanol–water partition coefficient (Wildman–Crippen LogP) is 8.36. The first-order valence-electron chi connectivity index (χ1n) is 9.01. The van der Waals surface area contributed by atoms with Crippen LogP contribution < -0.4 is 0 Å². The molecule has 0 aromatic rings. The molecule has 0 aromatic heterocycles. The van der Waals surface area contributed by atoms with Crippen LogP contribution in [0.5, 0.6) is 0 Å². The molecule has 0 aromatic carbocycles. The third-order valence-corrected chi connectivity index (χ3v) is 3.73. The zero-order valence-electron chi connectivity index (χ0n) is 17.1. The Balaban J connectivity index is -0.000000147. The Hall–Kier alpha value is 0.0331. The van der Waals surface area contributed by atoms with Crippen molar-refractivity contribution in [3.63, 3.8) is 0 Å². The first-order chi connectivity index (χ1) is 11.1. The molecule has 0 fully saturated rings. The SMILES string of the molecule is C=C[CH2-].CCCCC1=CC(C)=[C-]C1.CCCCC1=CC(C)=[C-]C1.Cl.Cl.[Zr+3]. The molecular formula is C23H37Cl2Zr. The van der Waals surface area contributed by atoms with Gasteiger partial charge in [-0.25, -0.2) is 42.9 Å². The van der Waals surface area contributed by atoms with E-state index in [-0.39, 0.29) is 51.0 Å². The maximum Gasteiger partial charge on any atom is 3.00 e. The Labute approximate surface area is 195 Å². The Bertz CT molecular complexity index is 417. The van der Waals surface area contributed by atoms with Gasteiger partial charge in [0, 0.05) is 0 Å². The normalized spacial score (nSPS) is 13.5. The summed E-state index contributed by atoms with van der Waals surface area (Å²) >= 11 is 0. The molecule has 0 unspecified atom stereocenters. The van der Waals surface area contributed by atoms with Gasteiger partial charge in [-0.3, -0.25) is 12.2 Å². The minimum absolute atomic E-state index is 0. The van der Waals surface area contributed by atoms with Crippen LogP contribution in [0, 0.1) is 19.1 Å². The van der Waals surface area contributed by atoms with Gasteiger partial charge >= 0.3 is 26.2 Å². The number of hydrogen-bond acceptors (Lipinski definition) is 0. The zero-order chi connectivity index (χ0) is 17.5. The van der Waals surface area contributed by atoms with Crippen LogP contribution in [0.2, 0.25) is 0 Å². The van der Waals surface area contributed by atoms with Crippen molar-refractivity contribution < 1.29 is 26.2 Å². The molecule has 0 nitrogen and oxygen atoms in total. The van der Waals surface area contributed by atoms with Crippen molar-refractivity contribution >= 4 is 24.8 Å². The van der Waals surface area contributed by atoms with Crippen LogP contribution in [0.15, 0.2) is 47.1 Å². The van der Waals surface area contributed by atoms with Gasteiger partial charge in [0.05, 0.1) is 0 Å². The summed E-state index contributed by atoms with van der Waals surface area (Å²) in [5.74, 6) is 0. The topological polar surface area (TPSA) is 0 Å². The van der Waals surface area contributed by atoms with E-state index in [9.17, 15) is 0 Å². The van der Waals surface area contributed by atoms with Crippen molar-refractivity contribution in [1.29, 1.82) is 0 Å². The largest absolute Gasteiger partial charge is 3.00 e. The molecular weight excluding hydrogens is 438 g/mol. The Morgan fingerprint density at radius 1 is 0.923 bits per heavy atom. The van der Waals surface area contributed by atoms with Gasteiger partial charge in [0.1, 0.15) is 0 Å². The average molecular weight is 476 g/mol. The maximum atomic E-state index is 3.30. The zero-order valence-corrected chi connectivity index (χ0v) is 21.2. The quantitative estimate of drug-likeness (QED) is 0.339. The molecule has 0 saturated carbocycles. The monoisotopic (exact) mass is 473 g/mol. The van der Waals surface area contributed by atoms with E-state index >= 15 is 0 Å². The van der Waals surface area contributed by atoms with Gasteiger partial charge < -0.3 is 0 Å². The Morgan fingerprint density at radius 3 is 1.42 bits per heavy atom. The fourth-order valence-corrected chi connectivity index (χ4v) is 2.45. The predicted molar refractivity (Wildman–Crippen MR) is 119 cm³/mol. The molecule has 3 heteroatoms. The summed E-state index contributed by atoms with van der Waals surface area (Å²) in [6.07, 6.45) is 22.7. The Morgan fingerprint density at radius 2 is 1.23 bits per heavy atom. The Kier molecular flexibility index (Phi) is 29.8. The van der Waals surface area contributed by atoms with E-state index in [1.165, 1.54) is 55.7 Å². The van der Waals surface area contributed by atoms with Crippen LogP contribution in [-0.4, -0.2) is 0 Å². The molecule has 1 radical (unpaired) electrons. The summed E-state index contributed by atoms with van der Waals surface area (Å²) in [6, 6.07) is 0. The number of unbranched alkanes of at least 4 members (excludes halogenated alkanes) is 2. The van der Waals surface area contributed by atoms with E-state index < -0.39 is 0 Å². The minimum atomic E-state index is 0. The molecule has 0 aliphatic heterocycles. The summed E-state index contributed by atoms with van der Waals surface area (Å²) in [5.41, 5.74) is 5.79. The van der Waals surface area contributed by atoms with E-state index in [1.807, 2.05) is 0 Å². The number of hydrogen-bond donors (Lipinski definition) is 0. The van der Waals surface area contributed by atoms with Crippen LogP contribution in [0.25, 0.3) is 0 Å². The molecule has 0 bridgehead atoms. The van der Waals surface area contributed by atoms with Crippen molar-refractivity contribution in [2.75, 3.05) is 0 Å². The first kappa shape index (κ1) is 33.6. The molecule has 0 atom stereocenters. The van der Waals surface area contributed by atoms with E-state index in [1.54, 1.807) is 11.1 Å². The van der Waals surface area contributed by atoms with Gasteiger partial charge in [-0.05, 0) is 12.8 Å². The average Bonchev–Trinajstić information content (AvgIpc) is 3.13. The van der Waals surface area contributed by atoms with Crippen molar-refractivity contribution in [3.8, 4) is 0 Å². The van der Waals surface area contributed by atoms with Gasteiger partial charge in [0.25, 0.3) is 0 Å². The first-order valence-corrected chi connectivity index (χ1v) is 9.01. The van der Waals surface area contributed by atoms with E-state index in [0.29, 0.717) is 0 Å². The second kappa shape index (κ2) is 23.1. The van der Waals surface area contributed by atoms with Gasteiger partial charge in [-0.1, -0.05) is 53.4 Å². The van der Waals surface area contributed by atoms with Gasteiger partial charge in [-0.15, -0.1) is 37.7 Å². The van der Waals surface area contributed by atoms with Crippen LogP contribution in [0.1, 0.15) is 79.1 Å². The molecule has 2 aliphatic rings. The van der Waals surface area contributed by atoms with Crippen molar-refractivity contribution in [1.82, 2.24) is 0 Å². The third kappa shape index (κ3) is 18.8. The standard InChI is InChI=1S/2C10H15.C3H5.2ClH.Zr/c2*1-3-4-5-10-7-6-9(2)8-10;1-3-2;;;/h2*8H,3-5,7H2,1-2H3;3H,1-2H2;2*1H;/q3*-1;;;+3. The molecule has 0 spiro atoms. The number of rotatable bonds is 6. The summed E-state index contributed by atoms with van der Waals surface area (Å²) in [5, 5.41) is 0. The minimum Gasteiger partial charge on any atom is -0.269 e. The summed E-state index contributed by atoms with van der Waals surface area (Å²) in [4.78, 5) is 0. The molecule has 26 heavy (non-hydrogen) atoms. The van der Waals surface area contributed by atoms with E-state index in [4.69, 9.17) is 0 Å². The van der Waals surface area contributed by atoms with E-state index in [0.717, 1.165) is 12.8 Å². The third-order valence-electron chi connectivity index (χ3n) is 3.73. The molecule has 0 saturated heterocycles. The maximum absolute atomic E-state index is 3.30. The number of halogens is 2. The fraction of sp³-hybridized carbons (Fsp3) is 0.522. The summed E-state index contributed by atoms with van der Waals surface area (Å²) < 4.78 is 0. The molecule has 2 rings (SSSR count). The van der Waals surface area contributed by atoms with Crippen LogP contribution in [0.3, 0.4) is 0 Å². The van der Waals surface area contributed by atoms with Gasteiger partial charge in [0.2, 0.25) is 0 Å². The van der Waals surface area contributed by atoms with Gasteiger partial charge in [0.15, 0.2) is 0 Å². The second-order valence-corrected chi connectivity index (χ2v) is 6.17. The van der Waals surface area contributed by atoms with Crippen LogP contribution >= 0.6 is 24.8 Å². The summed E-state index contributed by atoms with van der Waals surface area (Å²) in [6.45, 7) is 15.2. The van der Waals surface area contributed by atoms with Crippen molar-refractivity contribution in [2.24, 2.45) is 0 Å². The van der Waals surface area contributed by atoms with Crippen LogP contribution in [-0.2, 0) is 26.2 Å². The molecule has 0 N–H and O–H groups in total. The fourth-order valence-electron chi connectivity index (χ4n) is 2.45. The smallest absolute Gasteiger partial charge is 0.269 e. The van der Waals surface area contributed by atoms with Crippen LogP contribution in [0.4, 0.5) is 0 Å². The van der Waals surface area contributed by atoms with Crippen molar-refractivity contribution in [2.45, 2.75) is 79.1 Å². The molecule has 0 amide bonds. The van der Waals surface area contributed by atoms with Gasteiger partial charge in [-0.2, -0.15) is 11.1 Å².